The van der Waals surface area contributed by atoms with Gasteiger partial charge >= 0.3 is 5.97 Å². The fourth-order valence-corrected chi connectivity index (χ4v) is 3.31. The highest BCUT2D eigenvalue weighted by Gasteiger charge is 2.28. The molecule has 2 unspecified atom stereocenters. The lowest BCUT2D eigenvalue weighted by Gasteiger charge is -2.36. The number of esters is 1. The summed E-state index contributed by atoms with van der Waals surface area (Å²) >= 11 is 12.1. The standard InChI is InChI=1S/C17H23Cl2N3O2/c1-4-24-17(23)16(22-9-11(2)7-12(3)10-22)21-20-15-8-13(18)5-6-14(15)19/h5-6,8,11-12,20H,4,7,9-10H2,1-3H3/b21-16+. The number of benzene rings is 1. The molecule has 0 saturated carbocycles. The van der Waals surface area contributed by atoms with E-state index >= 15 is 0 Å². The van der Waals surface area contributed by atoms with Gasteiger partial charge in [-0.2, -0.15) is 0 Å². The normalized spacial score (nSPS) is 21.5. The summed E-state index contributed by atoms with van der Waals surface area (Å²) in [4.78, 5) is 14.3. The molecule has 1 aromatic rings. The Bertz CT molecular complexity index is 612. The van der Waals surface area contributed by atoms with Gasteiger partial charge in [-0.05, 0) is 43.4 Å². The van der Waals surface area contributed by atoms with E-state index in [-0.39, 0.29) is 5.84 Å². The number of hydrogen-bond acceptors (Lipinski definition) is 4. The van der Waals surface area contributed by atoms with E-state index in [4.69, 9.17) is 27.9 Å². The second-order valence-corrected chi connectivity index (χ2v) is 7.09. The van der Waals surface area contributed by atoms with Crippen molar-refractivity contribution in [3.63, 3.8) is 0 Å². The van der Waals surface area contributed by atoms with Gasteiger partial charge in [-0.1, -0.05) is 37.0 Å². The van der Waals surface area contributed by atoms with Crippen molar-refractivity contribution >= 4 is 40.7 Å². The Morgan fingerprint density at radius 3 is 2.62 bits per heavy atom. The zero-order valence-corrected chi connectivity index (χ0v) is 15.7. The van der Waals surface area contributed by atoms with E-state index in [1.54, 1.807) is 25.1 Å². The van der Waals surface area contributed by atoms with Crippen LogP contribution in [-0.2, 0) is 9.53 Å². The maximum atomic E-state index is 12.3. The molecule has 1 fully saturated rings. The van der Waals surface area contributed by atoms with Gasteiger partial charge in [0.15, 0.2) is 0 Å². The number of nitrogens with zero attached hydrogens (tertiary/aromatic N) is 2. The predicted octanol–water partition coefficient (Wildman–Crippen LogP) is 4.26. The maximum absolute atomic E-state index is 12.3. The highest BCUT2D eigenvalue weighted by Crippen LogP contribution is 2.26. The van der Waals surface area contributed by atoms with Gasteiger partial charge in [-0.25, -0.2) is 4.79 Å². The summed E-state index contributed by atoms with van der Waals surface area (Å²) in [5.74, 6) is 0.807. The van der Waals surface area contributed by atoms with Gasteiger partial charge in [0, 0.05) is 18.1 Å². The topological polar surface area (TPSA) is 53.9 Å². The van der Waals surface area contributed by atoms with Crippen LogP contribution in [0, 0.1) is 11.8 Å². The third kappa shape index (κ3) is 5.02. The van der Waals surface area contributed by atoms with Crippen molar-refractivity contribution < 1.29 is 9.53 Å². The minimum absolute atomic E-state index is 0.270. The van der Waals surface area contributed by atoms with E-state index in [1.807, 2.05) is 4.90 Å². The predicted molar refractivity (Wildman–Crippen MR) is 98.7 cm³/mol. The number of nitrogens with one attached hydrogen (secondary N) is 1. The number of ether oxygens (including phenoxy) is 1. The van der Waals surface area contributed by atoms with Crippen LogP contribution in [0.25, 0.3) is 0 Å². The number of amidine groups is 1. The third-order valence-corrected chi connectivity index (χ3v) is 4.40. The Morgan fingerprint density at radius 2 is 2.00 bits per heavy atom. The summed E-state index contributed by atoms with van der Waals surface area (Å²) in [6, 6.07) is 5.04. The van der Waals surface area contributed by atoms with Crippen LogP contribution in [0.4, 0.5) is 5.69 Å². The monoisotopic (exact) mass is 371 g/mol. The van der Waals surface area contributed by atoms with Crippen molar-refractivity contribution in [2.45, 2.75) is 27.2 Å². The van der Waals surface area contributed by atoms with Crippen LogP contribution in [-0.4, -0.2) is 36.4 Å². The molecule has 1 N–H and O–H groups in total. The Hall–Kier alpha value is -1.46. The lowest BCUT2D eigenvalue weighted by molar-refractivity contribution is -0.136. The highest BCUT2D eigenvalue weighted by atomic mass is 35.5. The number of likely N-dealkylation sites (tertiary alicyclic amines) is 1. The molecule has 0 aromatic heterocycles. The van der Waals surface area contributed by atoms with Crippen LogP contribution in [0.1, 0.15) is 27.2 Å². The fraction of sp³-hybridized carbons (Fsp3) is 0.529. The summed E-state index contributed by atoms with van der Waals surface area (Å²) in [6.45, 7) is 7.96. The zero-order chi connectivity index (χ0) is 17.7. The quantitative estimate of drug-likeness (QED) is 0.373. The number of hydrazone groups is 1. The second kappa shape index (κ2) is 8.58. The van der Waals surface area contributed by atoms with Crippen LogP contribution < -0.4 is 5.43 Å². The van der Waals surface area contributed by atoms with Crippen LogP contribution in [0.3, 0.4) is 0 Å². The van der Waals surface area contributed by atoms with Crippen LogP contribution >= 0.6 is 23.2 Å². The Labute approximate surface area is 152 Å². The summed E-state index contributed by atoms with van der Waals surface area (Å²) in [7, 11) is 0. The Kier molecular flexibility index (Phi) is 6.75. The Balaban J connectivity index is 2.24. The van der Waals surface area contributed by atoms with Crippen molar-refractivity contribution in [3.8, 4) is 0 Å². The van der Waals surface area contributed by atoms with Crippen LogP contribution in [0.2, 0.25) is 10.0 Å². The molecule has 1 heterocycles. The van der Waals surface area contributed by atoms with Gasteiger partial charge in [-0.15, -0.1) is 5.10 Å². The number of anilines is 1. The maximum Gasteiger partial charge on any atom is 0.375 e. The molecule has 5 nitrogen and oxygen atoms in total. The molecule has 24 heavy (non-hydrogen) atoms. The van der Waals surface area contributed by atoms with E-state index in [9.17, 15) is 4.79 Å². The molecular formula is C17H23Cl2N3O2. The lowest BCUT2D eigenvalue weighted by Crippen LogP contribution is -2.46. The minimum Gasteiger partial charge on any atom is -0.460 e. The number of halogens is 2. The van der Waals surface area contributed by atoms with Crippen molar-refractivity contribution in [1.29, 1.82) is 0 Å². The Morgan fingerprint density at radius 1 is 1.33 bits per heavy atom. The van der Waals surface area contributed by atoms with Gasteiger partial charge in [0.2, 0.25) is 5.84 Å². The summed E-state index contributed by atoms with van der Waals surface area (Å²) in [5.41, 5.74) is 3.39. The molecule has 2 rings (SSSR count). The summed E-state index contributed by atoms with van der Waals surface area (Å²) < 4.78 is 5.16. The summed E-state index contributed by atoms with van der Waals surface area (Å²) in [5, 5.41) is 5.30. The molecule has 0 bridgehead atoms. The highest BCUT2D eigenvalue weighted by molar-refractivity contribution is 6.36. The molecule has 1 aromatic carbocycles. The minimum atomic E-state index is -0.440. The smallest absolute Gasteiger partial charge is 0.375 e. The molecule has 0 amide bonds. The number of hydrogen-bond donors (Lipinski definition) is 1. The van der Waals surface area contributed by atoms with E-state index in [2.05, 4.69) is 24.4 Å². The van der Waals surface area contributed by atoms with Gasteiger partial charge in [-0.3, -0.25) is 5.43 Å². The van der Waals surface area contributed by atoms with Crippen molar-refractivity contribution in [3.05, 3.63) is 28.2 Å². The van der Waals surface area contributed by atoms with Gasteiger partial charge < -0.3 is 9.64 Å². The SMILES string of the molecule is CCOC(=O)/C(=N\Nc1cc(Cl)ccc1Cl)N1CC(C)CC(C)C1. The van der Waals surface area contributed by atoms with E-state index in [0.29, 0.717) is 34.2 Å². The molecule has 0 spiro atoms. The van der Waals surface area contributed by atoms with Crippen molar-refractivity contribution in [1.82, 2.24) is 4.90 Å². The van der Waals surface area contributed by atoms with E-state index in [0.717, 1.165) is 19.5 Å². The molecule has 2 atom stereocenters. The molecule has 1 aliphatic rings. The number of carbonyl (C=O) groups excluding carboxylic acids is 1. The first-order chi connectivity index (χ1) is 11.4. The zero-order valence-electron chi connectivity index (χ0n) is 14.2. The fourth-order valence-electron chi connectivity index (χ4n) is 2.97. The molecule has 0 radical (unpaired) electrons. The molecule has 7 heteroatoms. The first kappa shape index (κ1) is 18.9. The average Bonchev–Trinajstić information content (AvgIpc) is 2.50. The van der Waals surface area contributed by atoms with Crippen molar-refractivity contribution in [2.24, 2.45) is 16.9 Å². The lowest BCUT2D eigenvalue weighted by atomic mass is 9.92. The number of rotatable bonds is 3. The molecular weight excluding hydrogens is 349 g/mol. The number of carbonyl (C=O) groups is 1. The second-order valence-electron chi connectivity index (χ2n) is 6.24. The third-order valence-electron chi connectivity index (χ3n) is 3.84. The van der Waals surface area contributed by atoms with E-state index in [1.165, 1.54) is 0 Å². The first-order valence-electron chi connectivity index (χ1n) is 8.11. The molecule has 1 saturated heterocycles. The molecule has 132 valence electrons. The van der Waals surface area contributed by atoms with Gasteiger partial charge in [0.1, 0.15) is 0 Å². The van der Waals surface area contributed by atoms with Crippen molar-refractivity contribution in [2.75, 3.05) is 25.1 Å². The van der Waals surface area contributed by atoms with Gasteiger partial charge in [0.25, 0.3) is 0 Å². The summed E-state index contributed by atoms with van der Waals surface area (Å²) in [6.07, 6.45) is 1.14. The van der Waals surface area contributed by atoms with E-state index < -0.39 is 5.97 Å². The molecule has 0 aliphatic carbocycles. The largest absolute Gasteiger partial charge is 0.460 e. The van der Waals surface area contributed by atoms with Crippen LogP contribution in [0.5, 0.6) is 0 Å². The number of piperidine rings is 1. The van der Waals surface area contributed by atoms with Gasteiger partial charge in [0.05, 0.1) is 17.3 Å². The van der Waals surface area contributed by atoms with Crippen LogP contribution in [0.15, 0.2) is 23.3 Å². The first-order valence-corrected chi connectivity index (χ1v) is 8.87. The average molecular weight is 372 g/mol. The molecule has 1 aliphatic heterocycles.